The summed E-state index contributed by atoms with van der Waals surface area (Å²) in [5.74, 6) is 0.970. The number of fused-ring (bicyclic) bond motifs is 1. The van der Waals surface area contributed by atoms with Crippen molar-refractivity contribution in [1.82, 2.24) is 14.9 Å². The zero-order chi connectivity index (χ0) is 14.1. The molecule has 0 unspecified atom stereocenters. The Kier molecular flexibility index (Phi) is 3.56. The molecule has 2 aromatic rings. The van der Waals surface area contributed by atoms with E-state index in [-0.39, 0.29) is 5.91 Å². The molecule has 1 saturated heterocycles. The summed E-state index contributed by atoms with van der Waals surface area (Å²) in [4.78, 5) is 24.8. The number of rotatable bonds is 3. The van der Waals surface area contributed by atoms with Gasteiger partial charge in [-0.25, -0.2) is 9.97 Å². The lowest BCUT2D eigenvalue weighted by Crippen LogP contribution is -2.27. The van der Waals surface area contributed by atoms with Crippen molar-refractivity contribution >= 4 is 33.3 Å². The van der Waals surface area contributed by atoms with Crippen LogP contribution in [0, 0.1) is 6.92 Å². The van der Waals surface area contributed by atoms with E-state index in [1.54, 1.807) is 6.33 Å². The van der Waals surface area contributed by atoms with Crippen LogP contribution in [0.5, 0.6) is 0 Å². The highest BCUT2D eigenvalue weighted by Crippen LogP contribution is 2.34. The number of carbonyl (C=O) groups is 1. The van der Waals surface area contributed by atoms with Crippen molar-refractivity contribution in [2.45, 2.75) is 26.7 Å². The molecule has 3 heterocycles. The van der Waals surface area contributed by atoms with Gasteiger partial charge in [-0.15, -0.1) is 11.3 Å². The molecule has 3 rings (SSSR count). The third-order valence-electron chi connectivity index (χ3n) is 3.66. The molecule has 0 saturated carbocycles. The fourth-order valence-corrected chi connectivity index (χ4v) is 3.76. The van der Waals surface area contributed by atoms with E-state index in [0.29, 0.717) is 0 Å². The smallest absolute Gasteiger partial charge is 0.264 e. The van der Waals surface area contributed by atoms with E-state index >= 15 is 0 Å². The zero-order valence-corrected chi connectivity index (χ0v) is 12.6. The van der Waals surface area contributed by atoms with Crippen LogP contribution in [-0.2, 0) is 0 Å². The highest BCUT2D eigenvalue weighted by molar-refractivity contribution is 7.20. The second-order valence-corrected chi connectivity index (χ2v) is 5.99. The number of likely N-dealkylation sites (tertiary alicyclic amines) is 1. The Morgan fingerprint density at radius 3 is 2.85 bits per heavy atom. The quantitative estimate of drug-likeness (QED) is 0.944. The molecular weight excluding hydrogens is 272 g/mol. The number of hydrogen-bond acceptors (Lipinski definition) is 5. The van der Waals surface area contributed by atoms with Crippen LogP contribution < -0.4 is 5.32 Å². The van der Waals surface area contributed by atoms with Gasteiger partial charge in [-0.3, -0.25) is 4.79 Å². The summed E-state index contributed by atoms with van der Waals surface area (Å²) in [6.45, 7) is 6.58. The molecule has 0 bridgehead atoms. The summed E-state index contributed by atoms with van der Waals surface area (Å²) < 4.78 is 0. The predicted molar refractivity (Wildman–Crippen MR) is 81.5 cm³/mol. The first kappa shape index (κ1) is 13.3. The Morgan fingerprint density at radius 2 is 2.15 bits per heavy atom. The Balaban J connectivity index is 2.06. The maximum Gasteiger partial charge on any atom is 0.264 e. The van der Waals surface area contributed by atoms with Gasteiger partial charge in [0.2, 0.25) is 0 Å². The second kappa shape index (κ2) is 5.36. The van der Waals surface area contributed by atoms with Crippen LogP contribution in [0.3, 0.4) is 0 Å². The maximum atomic E-state index is 12.6. The molecule has 106 valence electrons. The first-order valence-corrected chi connectivity index (χ1v) is 7.81. The van der Waals surface area contributed by atoms with Crippen LogP contribution in [0.2, 0.25) is 0 Å². The van der Waals surface area contributed by atoms with E-state index in [4.69, 9.17) is 0 Å². The van der Waals surface area contributed by atoms with E-state index < -0.39 is 0 Å². The van der Waals surface area contributed by atoms with Crippen molar-refractivity contribution in [3.05, 3.63) is 16.8 Å². The van der Waals surface area contributed by atoms with Crippen molar-refractivity contribution in [3.63, 3.8) is 0 Å². The first-order chi connectivity index (χ1) is 9.72. The summed E-state index contributed by atoms with van der Waals surface area (Å²) in [5.41, 5.74) is 0.999. The summed E-state index contributed by atoms with van der Waals surface area (Å²) in [6.07, 6.45) is 3.77. The third-order valence-corrected chi connectivity index (χ3v) is 4.85. The summed E-state index contributed by atoms with van der Waals surface area (Å²) in [7, 11) is 0. The van der Waals surface area contributed by atoms with Crippen molar-refractivity contribution in [2.75, 3.05) is 25.0 Å². The van der Waals surface area contributed by atoms with E-state index in [0.717, 1.165) is 59.0 Å². The number of carbonyl (C=O) groups excluding carboxylic acids is 1. The number of anilines is 1. The number of amides is 1. The highest BCUT2D eigenvalue weighted by atomic mass is 32.1. The molecule has 2 aromatic heterocycles. The van der Waals surface area contributed by atoms with E-state index in [1.165, 1.54) is 11.3 Å². The van der Waals surface area contributed by atoms with Crippen molar-refractivity contribution in [2.24, 2.45) is 0 Å². The molecule has 1 N–H and O–H groups in total. The molecule has 0 aromatic carbocycles. The van der Waals surface area contributed by atoms with Crippen LogP contribution in [0.1, 0.15) is 35.0 Å². The Bertz CT molecular complexity index is 646. The molecular formula is C14H18N4OS. The average molecular weight is 290 g/mol. The van der Waals surface area contributed by atoms with Gasteiger partial charge in [-0.2, -0.15) is 0 Å². The van der Waals surface area contributed by atoms with Crippen molar-refractivity contribution in [1.29, 1.82) is 0 Å². The minimum atomic E-state index is 0.144. The van der Waals surface area contributed by atoms with Gasteiger partial charge < -0.3 is 10.2 Å². The van der Waals surface area contributed by atoms with Gasteiger partial charge in [0.05, 0.1) is 10.3 Å². The SMILES string of the molecule is CCNc1ncnc2sc(C(=O)N3CCCC3)c(C)c12. The van der Waals surface area contributed by atoms with Gasteiger partial charge in [-0.05, 0) is 32.3 Å². The molecule has 6 heteroatoms. The highest BCUT2D eigenvalue weighted by Gasteiger charge is 2.25. The molecule has 0 aliphatic carbocycles. The number of hydrogen-bond donors (Lipinski definition) is 1. The first-order valence-electron chi connectivity index (χ1n) is 6.99. The zero-order valence-electron chi connectivity index (χ0n) is 11.8. The average Bonchev–Trinajstić information content (AvgIpc) is 3.07. The predicted octanol–water partition coefficient (Wildman–Crippen LogP) is 2.67. The maximum absolute atomic E-state index is 12.6. The van der Waals surface area contributed by atoms with Crippen LogP contribution in [-0.4, -0.2) is 40.4 Å². The molecule has 0 spiro atoms. The third kappa shape index (κ3) is 2.14. The summed E-state index contributed by atoms with van der Waals surface area (Å²) in [6, 6.07) is 0. The number of aryl methyl sites for hydroxylation is 1. The molecule has 1 aliphatic rings. The number of nitrogens with zero attached hydrogens (tertiary/aromatic N) is 3. The number of aromatic nitrogens is 2. The van der Waals surface area contributed by atoms with Crippen LogP contribution in [0.15, 0.2) is 6.33 Å². The van der Waals surface area contributed by atoms with E-state index in [2.05, 4.69) is 15.3 Å². The second-order valence-electron chi connectivity index (χ2n) is 4.99. The standard InChI is InChI=1S/C14H18N4OS/c1-3-15-12-10-9(2)11(20-13(10)17-8-16-12)14(19)18-6-4-5-7-18/h8H,3-7H2,1-2H3,(H,15,16,17). The van der Waals surface area contributed by atoms with Gasteiger partial charge in [0, 0.05) is 19.6 Å². The number of nitrogens with one attached hydrogen (secondary N) is 1. The topological polar surface area (TPSA) is 58.1 Å². The van der Waals surface area contributed by atoms with Gasteiger partial charge in [0.15, 0.2) is 0 Å². The van der Waals surface area contributed by atoms with Crippen molar-refractivity contribution < 1.29 is 4.79 Å². The lowest BCUT2D eigenvalue weighted by atomic mass is 10.2. The van der Waals surface area contributed by atoms with Gasteiger partial charge >= 0.3 is 0 Å². The van der Waals surface area contributed by atoms with Crippen LogP contribution in [0.4, 0.5) is 5.82 Å². The lowest BCUT2D eigenvalue weighted by molar-refractivity contribution is 0.0797. The monoisotopic (exact) mass is 290 g/mol. The lowest BCUT2D eigenvalue weighted by Gasteiger charge is -2.14. The fraction of sp³-hybridized carbons (Fsp3) is 0.500. The Morgan fingerprint density at radius 1 is 1.40 bits per heavy atom. The van der Waals surface area contributed by atoms with Gasteiger partial charge in [0.1, 0.15) is 17.0 Å². The molecule has 5 nitrogen and oxygen atoms in total. The van der Waals surface area contributed by atoms with Gasteiger partial charge in [-0.1, -0.05) is 0 Å². The molecule has 20 heavy (non-hydrogen) atoms. The van der Waals surface area contributed by atoms with Crippen molar-refractivity contribution in [3.8, 4) is 0 Å². The minimum Gasteiger partial charge on any atom is -0.370 e. The molecule has 1 aliphatic heterocycles. The summed E-state index contributed by atoms with van der Waals surface area (Å²) >= 11 is 1.48. The Labute approximate surface area is 122 Å². The Hall–Kier alpha value is -1.69. The fourth-order valence-electron chi connectivity index (χ4n) is 2.64. The largest absolute Gasteiger partial charge is 0.370 e. The molecule has 0 radical (unpaired) electrons. The molecule has 1 fully saturated rings. The van der Waals surface area contributed by atoms with E-state index in [1.807, 2.05) is 18.7 Å². The van der Waals surface area contributed by atoms with Crippen LogP contribution in [0.25, 0.3) is 10.2 Å². The van der Waals surface area contributed by atoms with Gasteiger partial charge in [0.25, 0.3) is 5.91 Å². The summed E-state index contributed by atoms with van der Waals surface area (Å²) in [5, 5.41) is 4.23. The minimum absolute atomic E-state index is 0.144. The van der Waals surface area contributed by atoms with Crippen LogP contribution >= 0.6 is 11.3 Å². The molecule has 1 amide bonds. The molecule has 0 atom stereocenters. The number of thiophene rings is 1. The van der Waals surface area contributed by atoms with E-state index in [9.17, 15) is 4.79 Å². The normalized spacial score (nSPS) is 15.0.